The number of aromatic nitrogens is 1. The van der Waals surface area contributed by atoms with Crippen molar-refractivity contribution in [3.05, 3.63) is 17.0 Å². The number of nitrogens with zero attached hydrogens (tertiary/aromatic N) is 4. The van der Waals surface area contributed by atoms with Crippen LogP contribution in [0.4, 0.5) is 0 Å². The molecule has 0 N–H and O–H groups in total. The van der Waals surface area contributed by atoms with Gasteiger partial charge in [0.2, 0.25) is 17.7 Å². The quantitative estimate of drug-likeness (QED) is 0.772. The highest BCUT2D eigenvalue weighted by Crippen LogP contribution is 2.29. The SMILES string of the molecule is Cc1noc(C)c1CC(=O)N1CC2CCC(C1)N(CC(=O)N(C)C)C2=O. The first-order valence-corrected chi connectivity index (χ1v) is 8.98. The van der Waals surface area contributed by atoms with Gasteiger partial charge in [-0.1, -0.05) is 5.16 Å². The fourth-order valence-electron chi connectivity index (χ4n) is 3.76. The summed E-state index contributed by atoms with van der Waals surface area (Å²) in [5, 5.41) is 3.90. The van der Waals surface area contributed by atoms with Crippen molar-refractivity contribution in [2.45, 2.75) is 39.2 Å². The van der Waals surface area contributed by atoms with Crippen LogP contribution in [-0.2, 0) is 20.8 Å². The highest BCUT2D eigenvalue weighted by molar-refractivity contribution is 5.88. The fourth-order valence-corrected chi connectivity index (χ4v) is 3.76. The number of rotatable bonds is 4. The lowest BCUT2D eigenvalue weighted by atomic mass is 9.94. The van der Waals surface area contributed by atoms with Crippen LogP contribution in [0.1, 0.15) is 29.9 Å². The van der Waals surface area contributed by atoms with Crippen molar-refractivity contribution in [3.63, 3.8) is 0 Å². The van der Waals surface area contributed by atoms with E-state index in [1.165, 1.54) is 4.90 Å². The van der Waals surface area contributed by atoms with E-state index < -0.39 is 0 Å². The Labute approximate surface area is 153 Å². The topological polar surface area (TPSA) is 87.0 Å². The summed E-state index contributed by atoms with van der Waals surface area (Å²) in [7, 11) is 3.37. The minimum Gasteiger partial charge on any atom is -0.361 e. The molecule has 0 aliphatic carbocycles. The molecule has 3 aliphatic rings. The molecule has 8 heteroatoms. The Morgan fingerprint density at radius 1 is 1.23 bits per heavy atom. The number of carbonyl (C=O) groups is 3. The second kappa shape index (κ2) is 7.09. The van der Waals surface area contributed by atoms with Crippen LogP contribution in [0.15, 0.2) is 4.52 Å². The molecule has 3 fully saturated rings. The number of fused-ring (bicyclic) bond motifs is 4. The zero-order chi connectivity index (χ0) is 19.0. The monoisotopic (exact) mass is 362 g/mol. The highest BCUT2D eigenvalue weighted by Gasteiger charge is 2.42. The molecule has 0 saturated carbocycles. The first-order chi connectivity index (χ1) is 12.3. The van der Waals surface area contributed by atoms with E-state index in [-0.39, 0.29) is 42.6 Å². The minimum atomic E-state index is -0.225. The Morgan fingerprint density at radius 3 is 2.58 bits per heavy atom. The minimum absolute atomic E-state index is 0.0101. The number of carbonyl (C=O) groups excluding carboxylic acids is 3. The van der Waals surface area contributed by atoms with Gasteiger partial charge in [0, 0.05) is 38.8 Å². The third kappa shape index (κ3) is 3.45. The maximum atomic E-state index is 12.8. The van der Waals surface area contributed by atoms with Gasteiger partial charge in [-0.2, -0.15) is 0 Å². The van der Waals surface area contributed by atoms with Crippen LogP contribution in [0.2, 0.25) is 0 Å². The van der Waals surface area contributed by atoms with Gasteiger partial charge in [0.25, 0.3) is 0 Å². The van der Waals surface area contributed by atoms with Gasteiger partial charge in [0.15, 0.2) is 0 Å². The van der Waals surface area contributed by atoms with Crippen molar-refractivity contribution in [2.75, 3.05) is 33.7 Å². The summed E-state index contributed by atoms with van der Waals surface area (Å²) in [6.45, 7) is 4.60. The molecule has 0 radical (unpaired) electrons. The van der Waals surface area contributed by atoms with E-state index in [1.807, 2.05) is 6.92 Å². The van der Waals surface area contributed by atoms with Crippen molar-refractivity contribution in [1.29, 1.82) is 0 Å². The standard InChI is InChI=1S/C18H26N4O4/c1-11-15(12(2)26-19-11)7-16(23)21-8-13-5-6-14(9-21)22(18(13)25)10-17(24)20(3)4/h13-14H,5-10H2,1-4H3. The number of likely N-dealkylation sites (N-methyl/N-ethyl adjacent to an activating group) is 1. The lowest BCUT2D eigenvalue weighted by Gasteiger charge is -2.35. The van der Waals surface area contributed by atoms with Gasteiger partial charge in [0.05, 0.1) is 18.0 Å². The zero-order valence-electron chi connectivity index (χ0n) is 15.8. The molecule has 3 amide bonds. The molecule has 3 saturated heterocycles. The van der Waals surface area contributed by atoms with Crippen molar-refractivity contribution in [1.82, 2.24) is 19.9 Å². The number of hydrogen-bond donors (Lipinski definition) is 0. The molecule has 1 aromatic rings. The lowest BCUT2D eigenvalue weighted by molar-refractivity contribution is -0.145. The molecule has 3 aliphatic heterocycles. The van der Waals surface area contributed by atoms with E-state index in [9.17, 15) is 14.4 Å². The summed E-state index contributed by atoms with van der Waals surface area (Å²) in [4.78, 5) is 42.6. The molecule has 4 heterocycles. The first kappa shape index (κ1) is 18.4. The van der Waals surface area contributed by atoms with Crippen LogP contribution in [0.5, 0.6) is 0 Å². The highest BCUT2D eigenvalue weighted by atomic mass is 16.5. The van der Waals surface area contributed by atoms with Crippen LogP contribution in [0.25, 0.3) is 0 Å². The van der Waals surface area contributed by atoms with Gasteiger partial charge >= 0.3 is 0 Å². The Balaban J connectivity index is 1.73. The molecule has 0 aromatic carbocycles. The average molecular weight is 362 g/mol. The summed E-state index contributed by atoms with van der Waals surface area (Å²) in [5.41, 5.74) is 1.54. The summed E-state index contributed by atoms with van der Waals surface area (Å²) in [6.07, 6.45) is 1.82. The Morgan fingerprint density at radius 2 is 1.96 bits per heavy atom. The normalized spacial score (nSPS) is 22.5. The van der Waals surface area contributed by atoms with Crippen molar-refractivity contribution in [3.8, 4) is 0 Å². The fraction of sp³-hybridized carbons (Fsp3) is 0.667. The van der Waals surface area contributed by atoms with E-state index >= 15 is 0 Å². The van der Waals surface area contributed by atoms with Crippen molar-refractivity contribution in [2.24, 2.45) is 5.92 Å². The maximum absolute atomic E-state index is 12.8. The predicted molar refractivity (Wildman–Crippen MR) is 93.2 cm³/mol. The van der Waals surface area contributed by atoms with Crippen molar-refractivity contribution < 1.29 is 18.9 Å². The third-order valence-electron chi connectivity index (χ3n) is 5.46. The summed E-state index contributed by atoms with van der Waals surface area (Å²) in [5.74, 6) is 0.300. The van der Waals surface area contributed by atoms with Gasteiger partial charge in [-0.05, 0) is 26.7 Å². The maximum Gasteiger partial charge on any atom is 0.241 e. The van der Waals surface area contributed by atoms with Crippen LogP contribution in [-0.4, -0.2) is 77.3 Å². The average Bonchev–Trinajstić information content (AvgIpc) is 2.79. The molecular formula is C18H26N4O4. The van der Waals surface area contributed by atoms with Crippen LogP contribution in [0, 0.1) is 19.8 Å². The smallest absolute Gasteiger partial charge is 0.241 e. The third-order valence-corrected chi connectivity index (χ3v) is 5.46. The van der Waals surface area contributed by atoms with E-state index in [4.69, 9.17) is 4.52 Å². The molecule has 2 bridgehead atoms. The van der Waals surface area contributed by atoms with Gasteiger partial charge in [0.1, 0.15) is 12.3 Å². The number of piperidine rings is 1. The largest absolute Gasteiger partial charge is 0.361 e. The Hall–Kier alpha value is -2.38. The summed E-state index contributed by atoms with van der Waals surface area (Å²) < 4.78 is 5.14. The number of amides is 3. The van der Waals surface area contributed by atoms with Crippen LogP contribution in [0.3, 0.4) is 0 Å². The lowest BCUT2D eigenvalue weighted by Crippen LogP contribution is -2.51. The molecule has 4 rings (SSSR count). The van der Waals surface area contributed by atoms with Gasteiger partial charge in [-0.15, -0.1) is 0 Å². The predicted octanol–water partition coefficient (Wildman–Crippen LogP) is 0.372. The van der Waals surface area contributed by atoms with E-state index in [2.05, 4.69) is 5.16 Å². The van der Waals surface area contributed by atoms with E-state index in [0.29, 0.717) is 18.8 Å². The van der Waals surface area contributed by atoms with Crippen molar-refractivity contribution >= 4 is 17.7 Å². The second-order valence-electron chi connectivity index (χ2n) is 7.46. The van der Waals surface area contributed by atoms with Gasteiger partial charge in [-0.25, -0.2) is 0 Å². The van der Waals surface area contributed by atoms with E-state index in [0.717, 1.165) is 24.1 Å². The summed E-state index contributed by atoms with van der Waals surface area (Å²) >= 11 is 0. The Bertz CT molecular complexity index is 707. The molecule has 0 spiro atoms. The Kier molecular flexibility index (Phi) is 5.02. The molecule has 142 valence electrons. The van der Waals surface area contributed by atoms with Crippen LogP contribution < -0.4 is 0 Å². The molecule has 8 nitrogen and oxygen atoms in total. The van der Waals surface area contributed by atoms with Crippen LogP contribution >= 0.6 is 0 Å². The number of aryl methyl sites for hydroxylation is 2. The first-order valence-electron chi connectivity index (χ1n) is 8.98. The van der Waals surface area contributed by atoms with E-state index in [1.54, 1.807) is 30.8 Å². The zero-order valence-corrected chi connectivity index (χ0v) is 15.8. The molecular weight excluding hydrogens is 336 g/mol. The second-order valence-corrected chi connectivity index (χ2v) is 7.46. The molecule has 2 atom stereocenters. The number of hydrogen-bond acceptors (Lipinski definition) is 5. The molecule has 26 heavy (non-hydrogen) atoms. The van der Waals surface area contributed by atoms with Gasteiger partial charge < -0.3 is 19.2 Å². The molecule has 2 unspecified atom stereocenters. The summed E-state index contributed by atoms with van der Waals surface area (Å²) in [6, 6.07) is -0.0984. The van der Waals surface area contributed by atoms with Gasteiger partial charge in [-0.3, -0.25) is 14.4 Å². The molecule has 1 aromatic heterocycles.